The van der Waals surface area contributed by atoms with Crippen molar-refractivity contribution in [3.63, 3.8) is 0 Å². The van der Waals surface area contributed by atoms with E-state index in [1.807, 2.05) is 6.07 Å². The zero-order valence-electron chi connectivity index (χ0n) is 8.11. The smallest absolute Gasteiger partial charge is 0.140 e. The van der Waals surface area contributed by atoms with Crippen LogP contribution in [0.1, 0.15) is 30.4 Å². The van der Waals surface area contributed by atoms with E-state index in [1.165, 1.54) is 0 Å². The van der Waals surface area contributed by atoms with Crippen molar-refractivity contribution in [2.75, 3.05) is 0 Å². The Hall–Kier alpha value is -0.410. The minimum Gasteiger partial charge on any atom is -0.321 e. The highest BCUT2D eigenvalue weighted by Crippen LogP contribution is 2.42. The molecule has 76 valence electrons. The molecule has 0 radical (unpaired) electrons. The van der Waals surface area contributed by atoms with Gasteiger partial charge in [-0.15, -0.1) is 0 Å². The first kappa shape index (κ1) is 10.1. The summed E-state index contributed by atoms with van der Waals surface area (Å²) in [6.45, 7) is 1.76. The zero-order valence-corrected chi connectivity index (χ0v) is 9.70. The maximum Gasteiger partial charge on any atom is 0.140 e. The predicted octanol–water partition coefficient (Wildman–Crippen LogP) is 3.23. The highest BCUT2D eigenvalue weighted by molar-refractivity contribution is 9.10. The molecule has 0 saturated heterocycles. The van der Waals surface area contributed by atoms with Crippen LogP contribution < -0.4 is 5.73 Å². The largest absolute Gasteiger partial charge is 0.321 e. The molecule has 1 fully saturated rings. The van der Waals surface area contributed by atoms with Gasteiger partial charge in [-0.2, -0.15) is 0 Å². The average Bonchev–Trinajstić information content (AvgIpc) is 2.11. The van der Waals surface area contributed by atoms with Gasteiger partial charge >= 0.3 is 0 Å². The molecule has 0 aromatic heterocycles. The Balaban J connectivity index is 2.49. The molecule has 1 nitrogen and oxygen atoms in total. The Kier molecular flexibility index (Phi) is 2.40. The number of hydrogen-bond donors (Lipinski definition) is 1. The zero-order chi connectivity index (χ0) is 10.3. The van der Waals surface area contributed by atoms with Crippen molar-refractivity contribution in [1.82, 2.24) is 0 Å². The summed E-state index contributed by atoms with van der Waals surface area (Å²) in [7, 11) is 0. The Morgan fingerprint density at radius 3 is 2.57 bits per heavy atom. The maximum atomic E-state index is 13.6. The summed E-state index contributed by atoms with van der Waals surface area (Å²) in [5.74, 6) is -0.181. The van der Waals surface area contributed by atoms with E-state index >= 15 is 0 Å². The van der Waals surface area contributed by atoms with E-state index in [9.17, 15) is 4.39 Å². The van der Waals surface area contributed by atoms with Crippen molar-refractivity contribution >= 4 is 15.9 Å². The normalized spacial score (nSPS) is 19.1. The molecule has 0 bridgehead atoms. The SMILES string of the molecule is Cc1ccc(C2(N)CCC2)c(Br)c1F. The van der Waals surface area contributed by atoms with E-state index < -0.39 is 0 Å². The van der Waals surface area contributed by atoms with Crippen LogP contribution in [0.4, 0.5) is 4.39 Å². The summed E-state index contributed by atoms with van der Waals surface area (Å²) < 4.78 is 14.1. The fourth-order valence-corrected chi connectivity index (χ4v) is 2.70. The molecule has 1 aliphatic rings. The minimum absolute atomic E-state index is 0.181. The number of halogens is 2. The van der Waals surface area contributed by atoms with Crippen molar-refractivity contribution in [2.45, 2.75) is 31.7 Å². The van der Waals surface area contributed by atoms with Crippen LogP contribution in [0.25, 0.3) is 0 Å². The van der Waals surface area contributed by atoms with Gasteiger partial charge in [-0.25, -0.2) is 4.39 Å². The molecule has 0 atom stereocenters. The van der Waals surface area contributed by atoms with Gasteiger partial charge in [0.2, 0.25) is 0 Å². The number of nitrogens with two attached hydrogens (primary N) is 1. The lowest BCUT2D eigenvalue weighted by Gasteiger charge is -2.39. The molecule has 0 unspecified atom stereocenters. The first-order valence-corrected chi connectivity index (χ1v) is 5.58. The van der Waals surface area contributed by atoms with Crippen LogP contribution in [0.5, 0.6) is 0 Å². The number of hydrogen-bond acceptors (Lipinski definition) is 1. The van der Waals surface area contributed by atoms with Gasteiger partial charge in [0, 0.05) is 5.54 Å². The number of aryl methyl sites for hydroxylation is 1. The first-order valence-electron chi connectivity index (χ1n) is 4.78. The van der Waals surface area contributed by atoms with E-state index in [0.717, 1.165) is 24.8 Å². The lowest BCUT2D eigenvalue weighted by molar-refractivity contribution is 0.251. The van der Waals surface area contributed by atoms with Crippen LogP contribution in [0.2, 0.25) is 0 Å². The van der Waals surface area contributed by atoms with Crippen LogP contribution in [0.15, 0.2) is 16.6 Å². The van der Waals surface area contributed by atoms with Gasteiger partial charge in [0.1, 0.15) is 5.82 Å². The fourth-order valence-electron chi connectivity index (χ4n) is 1.86. The van der Waals surface area contributed by atoms with Crippen LogP contribution in [0, 0.1) is 12.7 Å². The monoisotopic (exact) mass is 257 g/mol. The molecular formula is C11H13BrFN. The standard InChI is InChI=1S/C11H13BrFN/c1-7-3-4-8(9(12)10(7)13)11(14)5-2-6-11/h3-4H,2,5-6,14H2,1H3. The molecular weight excluding hydrogens is 245 g/mol. The highest BCUT2D eigenvalue weighted by Gasteiger charge is 2.36. The van der Waals surface area contributed by atoms with Gasteiger partial charge in [0.15, 0.2) is 0 Å². The van der Waals surface area contributed by atoms with Crippen molar-refractivity contribution < 1.29 is 4.39 Å². The Labute approximate surface area is 91.6 Å². The van der Waals surface area contributed by atoms with Crippen LogP contribution >= 0.6 is 15.9 Å². The molecule has 0 aliphatic heterocycles. The van der Waals surface area contributed by atoms with Crippen LogP contribution in [-0.2, 0) is 5.54 Å². The lowest BCUT2D eigenvalue weighted by atomic mass is 9.72. The van der Waals surface area contributed by atoms with Crippen molar-refractivity contribution in [1.29, 1.82) is 0 Å². The van der Waals surface area contributed by atoms with Gasteiger partial charge in [-0.3, -0.25) is 0 Å². The summed E-state index contributed by atoms with van der Waals surface area (Å²) in [6.07, 6.45) is 3.04. The molecule has 2 N–H and O–H groups in total. The molecule has 1 saturated carbocycles. The second-order valence-corrected chi connectivity index (χ2v) is 4.86. The van der Waals surface area contributed by atoms with E-state index in [0.29, 0.717) is 10.0 Å². The summed E-state index contributed by atoms with van der Waals surface area (Å²) in [6, 6.07) is 3.73. The summed E-state index contributed by atoms with van der Waals surface area (Å²) in [4.78, 5) is 0. The van der Waals surface area contributed by atoms with Crippen molar-refractivity contribution in [3.8, 4) is 0 Å². The van der Waals surface area contributed by atoms with Crippen molar-refractivity contribution in [2.24, 2.45) is 5.73 Å². The van der Waals surface area contributed by atoms with E-state index in [-0.39, 0.29) is 11.4 Å². The Morgan fingerprint density at radius 1 is 1.43 bits per heavy atom. The molecule has 0 spiro atoms. The third-order valence-electron chi connectivity index (χ3n) is 3.06. The topological polar surface area (TPSA) is 26.0 Å². The van der Waals surface area contributed by atoms with E-state index in [1.54, 1.807) is 13.0 Å². The average molecular weight is 258 g/mol. The van der Waals surface area contributed by atoms with Crippen molar-refractivity contribution in [3.05, 3.63) is 33.5 Å². The Morgan fingerprint density at radius 2 is 2.07 bits per heavy atom. The molecule has 0 amide bonds. The van der Waals surface area contributed by atoms with Gasteiger partial charge in [0.05, 0.1) is 4.47 Å². The minimum atomic E-state index is -0.298. The molecule has 2 rings (SSSR count). The molecule has 3 heteroatoms. The molecule has 1 aliphatic carbocycles. The third-order valence-corrected chi connectivity index (χ3v) is 3.83. The van der Waals surface area contributed by atoms with Gasteiger partial charge in [-0.05, 0) is 53.2 Å². The molecule has 1 aromatic rings. The molecule has 0 heterocycles. The van der Waals surface area contributed by atoms with E-state index in [4.69, 9.17) is 5.73 Å². The summed E-state index contributed by atoms with van der Waals surface area (Å²) >= 11 is 3.29. The highest BCUT2D eigenvalue weighted by atomic mass is 79.9. The lowest BCUT2D eigenvalue weighted by Crippen LogP contribution is -2.43. The number of rotatable bonds is 1. The summed E-state index contributed by atoms with van der Waals surface area (Å²) in [5.41, 5.74) is 7.41. The third kappa shape index (κ3) is 1.39. The Bertz CT molecular complexity index is 372. The second-order valence-electron chi connectivity index (χ2n) is 4.07. The predicted molar refractivity (Wildman–Crippen MR) is 58.6 cm³/mol. The maximum absolute atomic E-state index is 13.6. The van der Waals surface area contributed by atoms with Crippen LogP contribution in [-0.4, -0.2) is 0 Å². The fraction of sp³-hybridized carbons (Fsp3) is 0.455. The van der Waals surface area contributed by atoms with Gasteiger partial charge < -0.3 is 5.73 Å². The first-order chi connectivity index (χ1) is 6.54. The molecule has 14 heavy (non-hydrogen) atoms. The quantitative estimate of drug-likeness (QED) is 0.822. The second kappa shape index (κ2) is 3.31. The van der Waals surface area contributed by atoms with E-state index in [2.05, 4.69) is 15.9 Å². The number of benzene rings is 1. The molecule has 1 aromatic carbocycles. The van der Waals surface area contributed by atoms with Gasteiger partial charge in [-0.1, -0.05) is 12.1 Å². The van der Waals surface area contributed by atoms with Gasteiger partial charge in [0.25, 0.3) is 0 Å². The summed E-state index contributed by atoms with van der Waals surface area (Å²) in [5, 5.41) is 0. The van der Waals surface area contributed by atoms with Crippen LogP contribution in [0.3, 0.4) is 0 Å².